The first-order chi connectivity index (χ1) is 5.22. The summed E-state index contributed by atoms with van der Waals surface area (Å²) >= 11 is 0. The number of hydrogen-bond acceptors (Lipinski definition) is 3. The third kappa shape index (κ3) is 17.9. The molecule has 0 aliphatic rings. The second kappa shape index (κ2) is 13.1. The van der Waals surface area contributed by atoms with Crippen LogP contribution in [0.5, 0.6) is 0 Å². The molecule has 0 saturated heterocycles. The van der Waals surface area contributed by atoms with E-state index in [1.165, 1.54) is 6.16 Å². The molecule has 0 heterocycles. The van der Waals surface area contributed by atoms with Crippen LogP contribution in [0.1, 0.15) is 20.8 Å². The summed E-state index contributed by atoms with van der Waals surface area (Å²) in [6.45, 7) is 6.51. The van der Waals surface area contributed by atoms with E-state index in [4.69, 9.17) is 0 Å². The smallest absolute Gasteiger partial charge is 0.138 e. The van der Waals surface area contributed by atoms with Gasteiger partial charge in [-0.15, -0.1) is 18.3 Å². The van der Waals surface area contributed by atoms with Gasteiger partial charge in [0, 0.05) is 4.57 Å². The van der Waals surface area contributed by atoms with Crippen molar-refractivity contribution < 1.29 is 13.6 Å². The Morgan fingerprint density at radius 2 is 1.45 bits per heavy atom. The van der Waals surface area contributed by atoms with Gasteiger partial charge in [0.05, 0.1) is 0 Å². The van der Waals surface area contributed by atoms with Crippen LogP contribution >= 0.6 is 17.5 Å². The van der Waals surface area contributed by atoms with Crippen LogP contribution in [-0.4, -0.2) is 19.4 Å². The van der Waals surface area contributed by atoms with E-state index in [9.17, 15) is 4.57 Å². The normalized spacial score (nSPS) is 8.36. The van der Waals surface area contributed by atoms with Crippen molar-refractivity contribution in [3.63, 3.8) is 0 Å². The number of hydrogen-bond donors (Lipinski definition) is 0. The largest absolute Gasteiger partial charge is 0.697 e. The summed E-state index contributed by atoms with van der Waals surface area (Å²) in [5.41, 5.74) is 0. The lowest BCUT2D eigenvalue weighted by atomic mass is 10.9. The minimum absolute atomic E-state index is 0.440. The van der Waals surface area contributed by atoms with Gasteiger partial charge in [-0.25, -0.2) is 0 Å². The molecule has 0 aromatic heterocycles. The molecular weight excluding hydrogens is 182 g/mol. The average molecular weight is 199 g/mol. The highest BCUT2D eigenvalue weighted by atomic mass is 31.1. The fourth-order valence-electron chi connectivity index (χ4n) is 0.248. The summed E-state index contributed by atoms with van der Waals surface area (Å²) in [5.74, 6) is 0. The average Bonchev–Trinajstić information content (AvgIpc) is 1.90. The molecule has 3 nitrogen and oxygen atoms in total. The highest BCUT2D eigenvalue weighted by Gasteiger charge is 2.15. The molecule has 0 aliphatic carbocycles. The summed E-state index contributed by atoms with van der Waals surface area (Å²) in [7, 11) is 0.748. The van der Waals surface area contributed by atoms with Crippen LogP contribution in [0.15, 0.2) is 0 Å². The van der Waals surface area contributed by atoms with Gasteiger partial charge in [0.2, 0.25) is 0 Å². The van der Waals surface area contributed by atoms with Crippen molar-refractivity contribution >= 4 is 17.5 Å². The van der Waals surface area contributed by atoms with E-state index in [-0.39, 0.29) is 0 Å². The van der Waals surface area contributed by atoms with Gasteiger partial charge >= 0.3 is 8.25 Å². The molecule has 0 rings (SSSR count). The summed E-state index contributed by atoms with van der Waals surface area (Å²) in [4.78, 5) is 0. The molecule has 0 aromatic rings. The molecule has 11 heavy (non-hydrogen) atoms. The van der Waals surface area contributed by atoms with Gasteiger partial charge in [0.15, 0.2) is 0 Å². The molecule has 0 amide bonds. The lowest BCUT2D eigenvalue weighted by molar-refractivity contribution is 0.243. The zero-order chi connectivity index (χ0) is 9.11. The summed E-state index contributed by atoms with van der Waals surface area (Å²) in [6, 6.07) is 0. The van der Waals surface area contributed by atoms with Crippen LogP contribution in [0.4, 0.5) is 0 Å². The van der Waals surface area contributed by atoms with E-state index < -0.39 is 8.25 Å². The Labute approximate surface area is 72.0 Å². The van der Waals surface area contributed by atoms with Gasteiger partial charge in [-0.2, -0.15) is 0 Å². The van der Waals surface area contributed by atoms with E-state index in [1.54, 1.807) is 13.8 Å². The predicted octanol–water partition coefficient (Wildman–Crippen LogP) is 2.60. The zero-order valence-corrected chi connectivity index (χ0v) is 9.42. The first-order valence-corrected chi connectivity index (χ1v) is 5.57. The predicted molar refractivity (Wildman–Crippen MR) is 51.1 cm³/mol. The van der Waals surface area contributed by atoms with Gasteiger partial charge in [0.25, 0.3) is 0 Å². The standard InChI is InChI=1S/C4H10O3P.C2H7P/c1-3-6-8(5)7-4-2;1-2-3/h3-4H2,1-2H3;2-3H2,1H3/q+1;. The van der Waals surface area contributed by atoms with Crippen molar-refractivity contribution in [2.24, 2.45) is 0 Å². The fourth-order valence-corrected chi connectivity index (χ4v) is 0.744. The minimum Gasteiger partial charge on any atom is -0.138 e. The van der Waals surface area contributed by atoms with Crippen molar-refractivity contribution in [3.05, 3.63) is 0 Å². The third-order valence-corrected chi connectivity index (χ3v) is 1.41. The van der Waals surface area contributed by atoms with Gasteiger partial charge in [-0.3, -0.25) is 0 Å². The molecule has 0 fully saturated rings. The molecule has 0 spiro atoms. The van der Waals surface area contributed by atoms with Crippen molar-refractivity contribution in [2.45, 2.75) is 20.8 Å². The Bertz CT molecular complexity index is 79.9. The topological polar surface area (TPSA) is 35.5 Å². The molecule has 0 saturated carbocycles. The van der Waals surface area contributed by atoms with Crippen LogP contribution in [0, 0.1) is 0 Å². The molecule has 0 radical (unpaired) electrons. The quantitative estimate of drug-likeness (QED) is 0.653. The highest BCUT2D eigenvalue weighted by molar-refractivity contribution is 7.33. The Balaban J connectivity index is 0. The van der Waals surface area contributed by atoms with Crippen LogP contribution in [-0.2, 0) is 13.6 Å². The first-order valence-electron chi connectivity index (χ1n) is 3.65. The Kier molecular flexibility index (Phi) is 16.6. The molecule has 1 atom stereocenters. The molecule has 1 unspecified atom stereocenters. The van der Waals surface area contributed by atoms with Crippen molar-refractivity contribution in [3.8, 4) is 0 Å². The maximum Gasteiger partial charge on any atom is 0.697 e. The van der Waals surface area contributed by atoms with E-state index in [2.05, 4.69) is 25.2 Å². The molecule has 0 bridgehead atoms. The number of rotatable bonds is 4. The van der Waals surface area contributed by atoms with Gasteiger partial charge in [0.1, 0.15) is 13.2 Å². The zero-order valence-electron chi connectivity index (χ0n) is 7.37. The van der Waals surface area contributed by atoms with Gasteiger partial charge in [-0.1, -0.05) is 6.92 Å². The molecule has 68 valence electrons. The first kappa shape index (κ1) is 14.0. The van der Waals surface area contributed by atoms with Crippen LogP contribution in [0.2, 0.25) is 0 Å². The minimum atomic E-state index is -1.83. The van der Waals surface area contributed by atoms with Gasteiger partial charge < -0.3 is 0 Å². The van der Waals surface area contributed by atoms with Crippen LogP contribution in [0.25, 0.3) is 0 Å². The Morgan fingerprint density at radius 1 is 1.18 bits per heavy atom. The third-order valence-electron chi connectivity index (χ3n) is 0.469. The van der Waals surface area contributed by atoms with Crippen LogP contribution in [0.3, 0.4) is 0 Å². The fraction of sp³-hybridized carbons (Fsp3) is 1.00. The lowest BCUT2D eigenvalue weighted by Crippen LogP contribution is -1.81. The van der Waals surface area contributed by atoms with E-state index >= 15 is 0 Å². The van der Waals surface area contributed by atoms with Crippen LogP contribution < -0.4 is 0 Å². The molecule has 0 aromatic carbocycles. The second-order valence-corrected chi connectivity index (χ2v) is 3.25. The molecule has 0 aliphatic heterocycles. The molecule has 5 heteroatoms. The van der Waals surface area contributed by atoms with Gasteiger partial charge in [-0.05, 0) is 20.0 Å². The second-order valence-electron chi connectivity index (χ2n) is 1.47. The molecule has 0 N–H and O–H groups in total. The highest BCUT2D eigenvalue weighted by Crippen LogP contribution is 2.21. The van der Waals surface area contributed by atoms with E-state index in [0.29, 0.717) is 13.2 Å². The Hall–Kier alpha value is 0.450. The van der Waals surface area contributed by atoms with Crippen molar-refractivity contribution in [2.75, 3.05) is 19.4 Å². The Morgan fingerprint density at radius 3 is 1.64 bits per heavy atom. The lowest BCUT2D eigenvalue weighted by Gasteiger charge is -1.78. The van der Waals surface area contributed by atoms with Crippen molar-refractivity contribution in [1.82, 2.24) is 0 Å². The summed E-state index contributed by atoms with van der Waals surface area (Å²) in [5, 5.41) is 0. The monoisotopic (exact) mass is 199 g/mol. The van der Waals surface area contributed by atoms with E-state index in [1.807, 2.05) is 0 Å². The SMILES string of the molecule is CCO[P+](=O)OCC.CCP. The molecular formula is C6H17O3P2+. The summed E-state index contributed by atoms with van der Waals surface area (Å²) < 4.78 is 19.5. The summed E-state index contributed by atoms with van der Waals surface area (Å²) in [6.07, 6.45) is 1.17. The maximum absolute atomic E-state index is 10.3. The maximum atomic E-state index is 10.3. The van der Waals surface area contributed by atoms with E-state index in [0.717, 1.165) is 0 Å². The van der Waals surface area contributed by atoms with Crippen molar-refractivity contribution in [1.29, 1.82) is 0 Å².